The van der Waals surface area contributed by atoms with Crippen LogP contribution in [0, 0.1) is 47.3 Å². The molecule has 412 valence electrons. The third-order valence-electron chi connectivity index (χ3n) is 16.9. The Labute approximate surface area is 513 Å². The average Bonchev–Trinajstić information content (AvgIpc) is 4.02. The number of nitrogens with zero attached hydrogens (tertiary/aromatic N) is 4. The minimum Gasteiger partial charge on any atom is -0.476 e. The number of ether oxygens (including phenoxy) is 1. The summed E-state index contributed by atoms with van der Waals surface area (Å²) in [4.78, 5) is 25.0. The molecule has 9 nitrogen and oxygen atoms in total. The van der Waals surface area contributed by atoms with Crippen LogP contribution in [-0.4, -0.2) is 53.9 Å². The Balaban J connectivity index is 0.000000411. The van der Waals surface area contributed by atoms with E-state index in [1.165, 1.54) is 23.9 Å². The molecule has 6 aromatic rings. The van der Waals surface area contributed by atoms with Crippen LogP contribution in [0.3, 0.4) is 0 Å². The van der Waals surface area contributed by atoms with Crippen molar-refractivity contribution in [3.63, 3.8) is 0 Å². The molecule has 75 heavy (non-hydrogen) atoms. The third-order valence-corrected chi connectivity index (χ3v) is 18.4. The van der Waals surface area contributed by atoms with Gasteiger partial charge in [0, 0.05) is 47.8 Å². The second-order valence-electron chi connectivity index (χ2n) is 20.6. The van der Waals surface area contributed by atoms with Crippen LogP contribution in [0.15, 0.2) is 84.9 Å². The lowest BCUT2D eigenvalue weighted by Gasteiger charge is -2.38. The number of aliphatic hydroxyl groups is 1. The lowest BCUT2D eigenvalue weighted by molar-refractivity contribution is -0.0248. The van der Waals surface area contributed by atoms with Gasteiger partial charge in [-0.15, -0.1) is 0 Å². The molecule has 10 rings (SSSR count). The van der Waals surface area contributed by atoms with Gasteiger partial charge in [-0.2, -0.15) is 91.2 Å². The maximum atomic E-state index is 13.5. The van der Waals surface area contributed by atoms with Gasteiger partial charge in [-0.3, -0.25) is 0 Å². The minimum absolute atomic E-state index is 0. The second kappa shape index (κ2) is 26.5. The number of benzene rings is 4. The van der Waals surface area contributed by atoms with Crippen molar-refractivity contribution in [3.05, 3.63) is 138 Å². The number of carboxylic acids is 1. The third kappa shape index (κ3) is 12.8. The molecule has 4 aliphatic carbocycles. The summed E-state index contributed by atoms with van der Waals surface area (Å²) in [7, 11) is 0. The topological polar surface area (TPSA) is 119 Å². The van der Waals surface area contributed by atoms with E-state index < -0.39 is 11.9 Å². The number of halogens is 6. The van der Waals surface area contributed by atoms with Crippen molar-refractivity contribution in [2.24, 2.45) is 33.5 Å². The summed E-state index contributed by atoms with van der Waals surface area (Å²) >= 11 is 36.9. The fourth-order valence-corrected chi connectivity index (χ4v) is 12.8. The van der Waals surface area contributed by atoms with Gasteiger partial charge in [0.25, 0.3) is 0 Å². The minimum atomic E-state index is -1.11. The van der Waals surface area contributed by atoms with Gasteiger partial charge in [0.15, 0.2) is 11.4 Å². The van der Waals surface area contributed by atoms with Crippen LogP contribution in [-0.2, 0) is 4.74 Å². The molecule has 0 saturated heterocycles. The van der Waals surface area contributed by atoms with E-state index in [9.17, 15) is 19.8 Å². The summed E-state index contributed by atoms with van der Waals surface area (Å²) in [5, 5.41) is 31.2. The highest BCUT2D eigenvalue weighted by Crippen LogP contribution is 2.67. The molecule has 2 heterocycles. The van der Waals surface area contributed by atoms with Crippen molar-refractivity contribution in [1.29, 1.82) is 0 Å². The molecular weight excluding hydrogens is 1190 g/mol. The predicted octanol–water partition coefficient (Wildman–Crippen LogP) is 16.6. The van der Waals surface area contributed by atoms with Crippen molar-refractivity contribution in [3.8, 4) is 33.9 Å². The number of esters is 1. The van der Waals surface area contributed by atoms with Gasteiger partial charge >= 0.3 is 11.9 Å². The van der Waals surface area contributed by atoms with Crippen molar-refractivity contribution in [2.75, 3.05) is 0 Å². The van der Waals surface area contributed by atoms with E-state index in [1.807, 2.05) is 31.2 Å². The quantitative estimate of drug-likeness (QED) is 0.153. The number of carbonyl (C=O) groups excluding carboxylic acids is 1. The first kappa shape index (κ1) is 69.1. The van der Waals surface area contributed by atoms with E-state index in [1.54, 1.807) is 72.3 Å². The SMILES string of the molecule is CC1(C)[C@H]2CC[C@]1(C)[C@@H](O)C2.Cc1c(C(=O)O)nn(-c2ccc(Cl)cc2Cl)c1-c1ccc(Cl)cc1.Cc1c(C(=O)O[C@H]2C[C@@H]3CC[C@@]2(C)C3(C)C)nn(-c2ccc(Cl)cc2Cl)c1-c1ccc(Cl)cc1.S.S.S.S.S.S. The Morgan fingerprint density at radius 3 is 1.25 bits per heavy atom. The molecule has 0 aliphatic heterocycles. The molecule has 0 spiro atoms. The highest BCUT2D eigenvalue weighted by Gasteiger charge is 2.63. The van der Waals surface area contributed by atoms with Gasteiger partial charge in [-0.1, -0.05) is 135 Å². The van der Waals surface area contributed by atoms with E-state index >= 15 is 0 Å². The zero-order chi connectivity index (χ0) is 50.1. The maximum absolute atomic E-state index is 13.5. The number of aromatic carboxylic acids is 1. The molecule has 6 atom stereocenters. The number of hydrogen-bond donors (Lipinski definition) is 2. The Bertz CT molecular complexity index is 2980. The molecule has 0 radical (unpaired) electrons. The van der Waals surface area contributed by atoms with Crippen LogP contribution in [0.1, 0.15) is 112 Å². The van der Waals surface area contributed by atoms with Crippen LogP contribution in [0.4, 0.5) is 0 Å². The number of aromatic nitrogens is 4. The number of fused-ring (bicyclic) bond motifs is 4. The monoisotopic (exact) mass is 1250 g/mol. The first-order chi connectivity index (χ1) is 32.4. The van der Waals surface area contributed by atoms with Crippen LogP contribution in [0.2, 0.25) is 30.1 Å². The molecule has 4 aliphatic rings. The van der Waals surface area contributed by atoms with Gasteiger partial charge in [0.1, 0.15) is 6.10 Å². The number of carbonyl (C=O) groups is 2. The number of rotatable bonds is 7. The van der Waals surface area contributed by atoms with Crippen molar-refractivity contribution < 1.29 is 24.5 Å². The summed E-state index contributed by atoms with van der Waals surface area (Å²) < 4.78 is 9.38. The lowest BCUT2D eigenvalue weighted by Crippen LogP contribution is -2.38. The van der Waals surface area contributed by atoms with E-state index in [0.717, 1.165) is 47.6 Å². The van der Waals surface area contributed by atoms with E-state index in [2.05, 4.69) is 46.6 Å². The zero-order valence-corrected chi connectivity index (χ0v) is 53.3. The largest absolute Gasteiger partial charge is 0.476 e. The molecule has 2 aromatic heterocycles. The van der Waals surface area contributed by atoms with Gasteiger partial charge in [0.05, 0.1) is 38.9 Å². The molecule has 21 heteroatoms. The van der Waals surface area contributed by atoms with Gasteiger partial charge in [-0.25, -0.2) is 19.0 Å². The summed E-state index contributed by atoms with van der Waals surface area (Å²) in [5.74, 6) is -0.147. The van der Waals surface area contributed by atoms with E-state index in [0.29, 0.717) is 69.8 Å². The number of hydrogen-bond acceptors (Lipinski definition) is 6. The number of aliphatic hydroxyl groups excluding tert-OH is 1. The van der Waals surface area contributed by atoms with Gasteiger partial charge in [-0.05, 0) is 141 Å². The smallest absolute Gasteiger partial charge is 0.359 e. The number of carboxylic acid groups (broad SMARTS) is 1. The Kier molecular flexibility index (Phi) is 24.5. The highest BCUT2D eigenvalue weighted by molar-refractivity contribution is 7.60. The van der Waals surface area contributed by atoms with E-state index in [4.69, 9.17) is 79.4 Å². The van der Waals surface area contributed by atoms with Crippen molar-refractivity contribution >= 4 is 163 Å². The summed E-state index contributed by atoms with van der Waals surface area (Å²) in [5.41, 5.74) is 6.46. The predicted molar refractivity (Wildman–Crippen MR) is 340 cm³/mol. The summed E-state index contributed by atoms with van der Waals surface area (Å²) in [6.45, 7) is 17.4. The zero-order valence-electron chi connectivity index (χ0n) is 42.8. The lowest BCUT2D eigenvalue weighted by atomic mass is 9.70. The molecule has 4 fully saturated rings. The molecule has 4 saturated carbocycles. The molecule has 0 amide bonds. The van der Waals surface area contributed by atoms with Crippen molar-refractivity contribution in [1.82, 2.24) is 19.6 Å². The normalized spacial score (nSPS) is 22.7. The van der Waals surface area contributed by atoms with Gasteiger partial charge in [0.2, 0.25) is 0 Å². The van der Waals surface area contributed by atoms with Crippen LogP contribution >= 0.6 is 151 Å². The second-order valence-corrected chi connectivity index (χ2v) is 23.2. The molecule has 0 unspecified atom stereocenters. The van der Waals surface area contributed by atoms with Crippen molar-refractivity contribution in [2.45, 2.75) is 106 Å². The average molecular weight is 1260 g/mol. The summed E-state index contributed by atoms with van der Waals surface area (Å²) in [6, 6.07) is 24.7. The first-order valence-electron chi connectivity index (χ1n) is 23.1. The molecule has 2 N–H and O–H groups in total. The standard InChI is InChI=1S/C27H27Cl3N2O2.C17H11Cl3N2O2.C10H18O.6H2S/c1-15-23(25(33)34-22-13-17-11-12-27(22,4)26(17,2)3)31-32(21-10-9-19(29)14-20(21)30)24(15)16-5-7-18(28)8-6-16;1-9-15(17(23)24)21-22(14-7-6-12(19)8-13(14)20)16(9)10-2-4-11(18)5-3-10;1-9(2)7-4-5-10(9,3)8(11)6-7;;;;;;/h5-10,14,17,22H,11-13H2,1-4H3;2-8H,1H3,(H,23,24);7-8,11H,4-6H2,1-3H3;6*1H2/t17-,22-,27+;;7-,8-,10+;;;;;;/m0.0....../s1. The fourth-order valence-electron chi connectivity index (χ4n) is 11.6. The summed E-state index contributed by atoms with van der Waals surface area (Å²) in [6.07, 6.45) is 6.64. The van der Waals surface area contributed by atoms with E-state index in [-0.39, 0.29) is 115 Å². The Morgan fingerprint density at radius 1 is 0.560 bits per heavy atom. The van der Waals surface area contributed by atoms with Gasteiger partial charge < -0.3 is 14.9 Å². The van der Waals surface area contributed by atoms with Crippen LogP contribution in [0.5, 0.6) is 0 Å². The Morgan fingerprint density at radius 2 is 0.933 bits per heavy atom. The Hall–Kier alpha value is -1.96. The molecular formula is C54H68Cl6N4O5S6. The van der Waals surface area contributed by atoms with Crippen LogP contribution in [0.25, 0.3) is 33.9 Å². The molecule has 4 bridgehead atoms. The first-order valence-corrected chi connectivity index (χ1v) is 25.4. The fraction of sp³-hybridized carbons (Fsp3) is 0.407. The van der Waals surface area contributed by atoms with Crippen LogP contribution < -0.4 is 0 Å². The maximum Gasteiger partial charge on any atom is 0.359 e. The highest BCUT2D eigenvalue weighted by atomic mass is 35.5. The molecule has 4 aromatic carbocycles.